The van der Waals surface area contributed by atoms with Crippen LogP contribution in [0.15, 0.2) is 0 Å². The second-order valence-corrected chi connectivity index (χ2v) is 0. The zero-order valence-corrected chi connectivity index (χ0v) is 5.89. The van der Waals surface area contributed by atoms with Crippen molar-refractivity contribution in [2.24, 2.45) is 0 Å². The Balaban J connectivity index is -0.000000000833. The molecule has 6 heavy (non-hydrogen) atoms. The van der Waals surface area contributed by atoms with Crippen molar-refractivity contribution in [3.63, 3.8) is 0 Å². The second kappa shape index (κ2) is 194. The minimum Gasteiger partial charge on any atom is -2.00 e. The minimum absolute atomic E-state index is 0. The van der Waals surface area contributed by atoms with Gasteiger partial charge in [0.1, 0.15) is 0 Å². The van der Waals surface area contributed by atoms with Gasteiger partial charge in [-0.15, -0.1) is 0 Å². The molecule has 0 rings (SSSR count). The largest absolute Gasteiger partial charge is 4.00 e. The van der Waals surface area contributed by atoms with E-state index in [1.54, 1.807) is 0 Å². The van der Waals surface area contributed by atoms with Crippen LogP contribution in [0.25, 0.3) is 0 Å². The van der Waals surface area contributed by atoms with Crippen LogP contribution < -0.4 is 0 Å². The fourth-order valence-corrected chi connectivity index (χ4v) is 0. The topological polar surface area (TPSA) is 80.8 Å². The number of rotatable bonds is 0. The van der Waals surface area contributed by atoms with E-state index in [0.717, 1.165) is 0 Å². The van der Waals surface area contributed by atoms with Crippen LogP contribution in [0.3, 0.4) is 0 Å². The minimum atomic E-state index is 0. The third-order valence-electron chi connectivity index (χ3n) is 0. The van der Waals surface area contributed by atoms with Crippen LogP contribution >= 0.6 is 0 Å². The Hall–Kier alpha value is 0.839. The number of hydrogen-bond acceptors (Lipinski definition) is 1. The summed E-state index contributed by atoms with van der Waals surface area (Å²) in [4.78, 5) is 0. The molecule has 0 radical (unpaired) electrons. The Kier molecular flexibility index (Phi) is 2230. The average molecular weight is 154 g/mol. The molecule has 0 atom stereocenters. The van der Waals surface area contributed by atoms with Crippen molar-refractivity contribution < 1.29 is 54.4 Å². The van der Waals surface area contributed by atoms with Crippen molar-refractivity contribution in [2.75, 3.05) is 0 Å². The molecule has 0 bridgehead atoms. The fourth-order valence-electron chi connectivity index (χ4n) is 0. The summed E-state index contributed by atoms with van der Waals surface area (Å²) in [5.74, 6) is 0. The molecule has 0 aromatic heterocycles. The van der Waals surface area contributed by atoms with Gasteiger partial charge in [-0.1, -0.05) is 0 Å². The van der Waals surface area contributed by atoms with Gasteiger partial charge in [-0.2, -0.15) is 0 Å². The van der Waals surface area contributed by atoms with Gasteiger partial charge in [0, 0.05) is 0 Å². The van der Waals surface area contributed by atoms with E-state index in [2.05, 4.69) is 0 Å². The van der Waals surface area contributed by atoms with Crippen molar-refractivity contribution in [1.82, 2.24) is 0 Å². The first-order chi connectivity index (χ1) is 1.00. The van der Waals surface area contributed by atoms with Crippen molar-refractivity contribution in [3.8, 4) is 0 Å². The zero-order chi connectivity index (χ0) is 2.00. The van der Waals surface area contributed by atoms with Gasteiger partial charge in [-0.3, -0.25) is 0 Å². The summed E-state index contributed by atoms with van der Waals surface area (Å²) in [7, 11) is 0. The molecule has 0 aromatic rings. The standard InChI is InChI=1S/CN.2O.2Ti/c1-2;;;;/q-1;2*-2;2*+4. The van der Waals surface area contributed by atoms with Gasteiger partial charge < -0.3 is 22.8 Å². The van der Waals surface area contributed by atoms with E-state index in [-0.39, 0.29) is 54.4 Å². The van der Waals surface area contributed by atoms with Crippen LogP contribution in [0.5, 0.6) is 0 Å². The summed E-state index contributed by atoms with van der Waals surface area (Å²) < 4.78 is 0. The van der Waals surface area contributed by atoms with Crippen LogP contribution in [0.2, 0.25) is 0 Å². The molecule has 5 heteroatoms. The van der Waals surface area contributed by atoms with Crippen LogP contribution in [0.1, 0.15) is 0 Å². The van der Waals surface area contributed by atoms with Gasteiger partial charge in [0.25, 0.3) is 0 Å². The van der Waals surface area contributed by atoms with Gasteiger partial charge in [0.15, 0.2) is 0 Å². The van der Waals surface area contributed by atoms with Crippen molar-refractivity contribution in [1.29, 1.82) is 5.26 Å². The van der Waals surface area contributed by atoms with E-state index < -0.39 is 0 Å². The molecule has 0 aromatic carbocycles. The smallest absolute Gasteiger partial charge is 2.00 e. The molecule has 0 N–H and O–H groups in total. The maximum Gasteiger partial charge on any atom is 4.00 e. The Labute approximate surface area is 66.1 Å². The molecule has 0 fully saturated rings. The maximum atomic E-state index is 6.25. The summed E-state index contributed by atoms with van der Waals surface area (Å²) in [6.07, 6.45) is 0. The molecule has 0 aliphatic rings. The zero-order valence-electron chi connectivity index (χ0n) is 2.76. The van der Waals surface area contributed by atoms with Crippen LogP contribution in [0, 0.1) is 11.8 Å². The van der Waals surface area contributed by atoms with E-state index in [1.807, 2.05) is 0 Å². The maximum absolute atomic E-state index is 6.25. The summed E-state index contributed by atoms with van der Waals surface area (Å²) in [5.41, 5.74) is 0. The molecular formula is CNO2Ti2+3. The Bertz CT molecular complexity index is 16.3. The molecular weight excluding hydrogens is 154 g/mol. The number of nitrogens with zero attached hydrogens (tertiary/aromatic N) is 1. The molecule has 0 aliphatic carbocycles. The van der Waals surface area contributed by atoms with Gasteiger partial charge in [-0.25, -0.2) is 0 Å². The molecule has 0 saturated heterocycles. The van der Waals surface area contributed by atoms with Crippen LogP contribution in [-0.2, 0) is 54.4 Å². The summed E-state index contributed by atoms with van der Waals surface area (Å²) in [6.45, 7) is 4.75. The molecule has 0 unspecified atom stereocenters. The average Bonchev–Trinajstić information content (AvgIpc) is 1.00. The monoisotopic (exact) mass is 154 g/mol. The Morgan fingerprint density at radius 2 is 0.833 bits per heavy atom. The first-order valence-corrected chi connectivity index (χ1v) is 0.224. The van der Waals surface area contributed by atoms with Gasteiger partial charge >= 0.3 is 43.4 Å². The molecule has 3 nitrogen and oxygen atoms in total. The van der Waals surface area contributed by atoms with E-state index in [0.29, 0.717) is 0 Å². The predicted octanol–water partition coefficient (Wildman–Crippen LogP) is -0.146. The van der Waals surface area contributed by atoms with Gasteiger partial charge in [-0.05, 0) is 0 Å². The van der Waals surface area contributed by atoms with Gasteiger partial charge in [0.2, 0.25) is 0 Å². The van der Waals surface area contributed by atoms with Crippen LogP contribution in [-0.4, -0.2) is 0 Å². The molecule has 0 spiro atoms. The van der Waals surface area contributed by atoms with E-state index in [9.17, 15) is 0 Å². The second-order valence-electron chi connectivity index (χ2n) is 0. The van der Waals surface area contributed by atoms with E-state index in [1.165, 1.54) is 0 Å². The fraction of sp³-hybridized carbons (Fsp3) is 0. The SMILES string of the molecule is [C-]#N.[O-2].[O-2].[Ti+4].[Ti+4]. The quantitative estimate of drug-likeness (QED) is 0.352. The third-order valence-corrected chi connectivity index (χ3v) is 0. The third kappa shape index (κ3) is 101. The van der Waals surface area contributed by atoms with E-state index >= 15 is 0 Å². The molecule has 26 valence electrons. The summed E-state index contributed by atoms with van der Waals surface area (Å²) in [5, 5.41) is 6.25. The van der Waals surface area contributed by atoms with E-state index in [4.69, 9.17) is 11.8 Å². The number of hydrogen-bond donors (Lipinski definition) is 0. The first kappa shape index (κ1) is 69.0. The molecule has 0 amide bonds. The summed E-state index contributed by atoms with van der Waals surface area (Å²) in [6, 6.07) is 0. The van der Waals surface area contributed by atoms with Crippen LogP contribution in [0.4, 0.5) is 0 Å². The van der Waals surface area contributed by atoms with Gasteiger partial charge in [0.05, 0.1) is 0 Å². The predicted molar refractivity (Wildman–Crippen MR) is 6.34 cm³/mol. The molecule has 0 aliphatic heterocycles. The summed E-state index contributed by atoms with van der Waals surface area (Å²) >= 11 is 0. The Morgan fingerprint density at radius 3 is 0.833 bits per heavy atom. The van der Waals surface area contributed by atoms with Crippen molar-refractivity contribution in [2.45, 2.75) is 0 Å². The molecule has 0 saturated carbocycles. The van der Waals surface area contributed by atoms with Crippen molar-refractivity contribution >= 4 is 0 Å². The molecule has 0 heterocycles. The Morgan fingerprint density at radius 1 is 0.833 bits per heavy atom. The normalized spacial score (nSPS) is 0.333. The first-order valence-electron chi connectivity index (χ1n) is 0.224. The van der Waals surface area contributed by atoms with Crippen molar-refractivity contribution in [3.05, 3.63) is 6.57 Å².